The Balaban J connectivity index is 1.77. The molecule has 1 aromatic carbocycles. The van der Waals surface area contributed by atoms with Crippen molar-refractivity contribution in [2.75, 3.05) is 17.6 Å². The van der Waals surface area contributed by atoms with E-state index in [1.165, 1.54) is 38.5 Å². The smallest absolute Gasteiger partial charge is 0.248 e. The molecule has 1 fully saturated rings. The first-order valence-corrected chi connectivity index (χ1v) is 7.10. The molecule has 1 aliphatic rings. The fourth-order valence-corrected chi connectivity index (χ4v) is 2.79. The predicted molar refractivity (Wildman–Crippen MR) is 79.1 cm³/mol. The van der Waals surface area contributed by atoms with Crippen LogP contribution in [0.2, 0.25) is 0 Å². The first-order chi connectivity index (χ1) is 9.16. The molecule has 5 N–H and O–H groups in total. The average molecular weight is 261 g/mol. The molecule has 0 aliphatic heterocycles. The largest absolute Gasteiger partial charge is 0.397 e. The van der Waals surface area contributed by atoms with E-state index in [9.17, 15) is 4.79 Å². The Labute approximate surface area is 114 Å². The zero-order valence-electron chi connectivity index (χ0n) is 11.3. The molecule has 104 valence electrons. The predicted octanol–water partition coefficient (Wildman–Crippen LogP) is 2.75. The van der Waals surface area contributed by atoms with Gasteiger partial charge < -0.3 is 16.8 Å². The summed E-state index contributed by atoms with van der Waals surface area (Å²) in [4.78, 5) is 11.0. The summed E-state index contributed by atoms with van der Waals surface area (Å²) in [6.07, 6.45) is 8.07. The number of carbonyl (C=O) groups excluding carboxylic acids is 1. The van der Waals surface area contributed by atoms with E-state index < -0.39 is 5.91 Å². The van der Waals surface area contributed by atoms with E-state index in [2.05, 4.69) is 5.32 Å². The summed E-state index contributed by atoms with van der Waals surface area (Å²) in [5.74, 6) is 0.482. The van der Waals surface area contributed by atoms with Crippen LogP contribution in [0.3, 0.4) is 0 Å². The summed E-state index contributed by atoms with van der Waals surface area (Å²) in [5, 5.41) is 3.33. The fourth-order valence-electron chi connectivity index (χ4n) is 2.79. The zero-order chi connectivity index (χ0) is 13.7. The fraction of sp³-hybridized carbons (Fsp3) is 0.533. The summed E-state index contributed by atoms with van der Waals surface area (Å²) < 4.78 is 0. The van der Waals surface area contributed by atoms with E-state index in [0.717, 1.165) is 18.2 Å². The topological polar surface area (TPSA) is 81.1 Å². The van der Waals surface area contributed by atoms with E-state index in [4.69, 9.17) is 11.5 Å². The summed E-state index contributed by atoms with van der Waals surface area (Å²) in [6, 6.07) is 5.16. The molecule has 0 bridgehead atoms. The SMILES string of the molecule is NC(=O)c1ccc(NCCCC2CCCC2)c(N)c1. The van der Waals surface area contributed by atoms with Crippen molar-refractivity contribution < 1.29 is 4.79 Å². The molecule has 1 aromatic rings. The van der Waals surface area contributed by atoms with Crippen molar-refractivity contribution in [1.82, 2.24) is 0 Å². The van der Waals surface area contributed by atoms with E-state index in [0.29, 0.717) is 11.3 Å². The number of nitrogens with two attached hydrogens (primary N) is 2. The van der Waals surface area contributed by atoms with Gasteiger partial charge in [0.2, 0.25) is 5.91 Å². The molecule has 4 nitrogen and oxygen atoms in total. The van der Waals surface area contributed by atoms with Crippen LogP contribution in [0.5, 0.6) is 0 Å². The Hall–Kier alpha value is -1.71. The minimum absolute atomic E-state index is 0.445. The van der Waals surface area contributed by atoms with Crippen LogP contribution in [0.25, 0.3) is 0 Å². The summed E-state index contributed by atoms with van der Waals surface area (Å²) >= 11 is 0. The molecule has 0 spiro atoms. The van der Waals surface area contributed by atoms with Gasteiger partial charge in [0.25, 0.3) is 0 Å². The van der Waals surface area contributed by atoms with Gasteiger partial charge in [-0.3, -0.25) is 4.79 Å². The number of nitrogen functional groups attached to an aromatic ring is 1. The number of hydrogen-bond donors (Lipinski definition) is 3. The zero-order valence-corrected chi connectivity index (χ0v) is 11.3. The molecule has 1 amide bonds. The van der Waals surface area contributed by atoms with Gasteiger partial charge in [0.15, 0.2) is 0 Å². The van der Waals surface area contributed by atoms with Crippen LogP contribution in [-0.4, -0.2) is 12.5 Å². The number of hydrogen-bond acceptors (Lipinski definition) is 3. The van der Waals surface area contributed by atoms with E-state index >= 15 is 0 Å². The lowest BCUT2D eigenvalue weighted by atomic mass is 10.0. The summed E-state index contributed by atoms with van der Waals surface area (Å²) in [5.41, 5.74) is 13.0. The highest BCUT2D eigenvalue weighted by atomic mass is 16.1. The Kier molecular flexibility index (Phi) is 4.66. The van der Waals surface area contributed by atoms with Crippen LogP contribution in [-0.2, 0) is 0 Å². The second kappa shape index (κ2) is 6.45. The van der Waals surface area contributed by atoms with Gasteiger partial charge >= 0.3 is 0 Å². The van der Waals surface area contributed by atoms with Crippen molar-refractivity contribution in [1.29, 1.82) is 0 Å². The maximum absolute atomic E-state index is 11.0. The molecule has 4 heteroatoms. The third kappa shape index (κ3) is 3.88. The maximum atomic E-state index is 11.0. The molecule has 0 atom stereocenters. The van der Waals surface area contributed by atoms with Gasteiger partial charge in [0.1, 0.15) is 0 Å². The molecule has 1 aliphatic carbocycles. The standard InChI is InChI=1S/C15H23N3O/c16-13-10-12(15(17)19)7-8-14(13)18-9-3-6-11-4-1-2-5-11/h7-8,10-11,18H,1-6,9,16H2,(H2,17,19). The number of benzene rings is 1. The number of nitrogens with one attached hydrogen (secondary N) is 1. The second-order valence-corrected chi connectivity index (χ2v) is 5.39. The van der Waals surface area contributed by atoms with Gasteiger partial charge in [0, 0.05) is 12.1 Å². The van der Waals surface area contributed by atoms with Crippen molar-refractivity contribution in [3.05, 3.63) is 23.8 Å². The monoisotopic (exact) mass is 261 g/mol. The summed E-state index contributed by atoms with van der Waals surface area (Å²) in [7, 11) is 0. The lowest BCUT2D eigenvalue weighted by Crippen LogP contribution is -2.12. The Morgan fingerprint density at radius 2 is 2.05 bits per heavy atom. The van der Waals surface area contributed by atoms with Crippen molar-refractivity contribution in [3.8, 4) is 0 Å². The molecule has 2 rings (SSSR count). The van der Waals surface area contributed by atoms with Crippen LogP contribution < -0.4 is 16.8 Å². The number of primary amides is 1. The maximum Gasteiger partial charge on any atom is 0.248 e. The molecule has 0 unspecified atom stereocenters. The molecule has 1 saturated carbocycles. The molecule has 0 heterocycles. The molecule has 0 aromatic heterocycles. The minimum Gasteiger partial charge on any atom is -0.397 e. The van der Waals surface area contributed by atoms with Crippen LogP contribution >= 0.6 is 0 Å². The van der Waals surface area contributed by atoms with Gasteiger partial charge in [-0.05, 0) is 37.0 Å². The lowest BCUT2D eigenvalue weighted by molar-refractivity contribution is 0.100. The van der Waals surface area contributed by atoms with E-state index in [-0.39, 0.29) is 0 Å². The van der Waals surface area contributed by atoms with Gasteiger partial charge in [-0.25, -0.2) is 0 Å². The third-order valence-corrected chi connectivity index (χ3v) is 3.92. The number of amides is 1. The van der Waals surface area contributed by atoms with Gasteiger partial charge in [0.05, 0.1) is 11.4 Å². The van der Waals surface area contributed by atoms with Crippen molar-refractivity contribution >= 4 is 17.3 Å². The third-order valence-electron chi connectivity index (χ3n) is 3.92. The number of carbonyl (C=O) groups is 1. The highest BCUT2D eigenvalue weighted by molar-refractivity contribution is 5.94. The highest BCUT2D eigenvalue weighted by Crippen LogP contribution is 2.28. The molecule has 0 radical (unpaired) electrons. The van der Waals surface area contributed by atoms with Crippen LogP contribution in [0.1, 0.15) is 48.9 Å². The van der Waals surface area contributed by atoms with Crippen molar-refractivity contribution in [2.45, 2.75) is 38.5 Å². The minimum atomic E-state index is -0.445. The van der Waals surface area contributed by atoms with E-state index in [1.807, 2.05) is 6.07 Å². The van der Waals surface area contributed by atoms with Crippen molar-refractivity contribution in [2.24, 2.45) is 11.7 Å². The Bertz CT molecular complexity index is 439. The van der Waals surface area contributed by atoms with Gasteiger partial charge in [-0.1, -0.05) is 25.7 Å². The molecular weight excluding hydrogens is 238 g/mol. The molecule has 0 saturated heterocycles. The van der Waals surface area contributed by atoms with Crippen LogP contribution in [0.15, 0.2) is 18.2 Å². The number of anilines is 2. The quantitative estimate of drug-likeness (QED) is 0.544. The van der Waals surface area contributed by atoms with Gasteiger partial charge in [-0.15, -0.1) is 0 Å². The first kappa shape index (κ1) is 13.7. The average Bonchev–Trinajstić information content (AvgIpc) is 2.89. The Morgan fingerprint density at radius 1 is 1.32 bits per heavy atom. The van der Waals surface area contributed by atoms with E-state index in [1.54, 1.807) is 12.1 Å². The first-order valence-electron chi connectivity index (χ1n) is 7.10. The number of rotatable bonds is 6. The molecular formula is C15H23N3O. The lowest BCUT2D eigenvalue weighted by Gasteiger charge is -2.12. The van der Waals surface area contributed by atoms with Gasteiger partial charge in [-0.2, -0.15) is 0 Å². The second-order valence-electron chi connectivity index (χ2n) is 5.39. The molecule has 19 heavy (non-hydrogen) atoms. The summed E-state index contributed by atoms with van der Waals surface area (Å²) in [6.45, 7) is 0.927. The van der Waals surface area contributed by atoms with Crippen LogP contribution in [0, 0.1) is 5.92 Å². The van der Waals surface area contributed by atoms with Crippen molar-refractivity contribution in [3.63, 3.8) is 0 Å². The van der Waals surface area contributed by atoms with Crippen LogP contribution in [0.4, 0.5) is 11.4 Å². The normalized spacial score (nSPS) is 15.6. The highest BCUT2D eigenvalue weighted by Gasteiger charge is 2.14. The Morgan fingerprint density at radius 3 is 2.68 bits per heavy atom.